The van der Waals surface area contributed by atoms with Gasteiger partial charge in [-0.05, 0) is 81.3 Å². The number of benzene rings is 1. The highest BCUT2D eigenvalue weighted by Gasteiger charge is 2.60. The second-order valence-electron chi connectivity index (χ2n) is 11.0. The molecule has 0 spiro atoms. The molecule has 0 saturated heterocycles. The summed E-state index contributed by atoms with van der Waals surface area (Å²) in [4.78, 5) is 26.7. The molecule has 35 heavy (non-hydrogen) atoms. The zero-order valence-electron chi connectivity index (χ0n) is 20.0. The van der Waals surface area contributed by atoms with Crippen LogP contribution < -0.4 is 10.6 Å². The molecule has 8 nitrogen and oxygen atoms in total. The minimum absolute atomic E-state index is 0.00805. The molecule has 2 atom stereocenters. The van der Waals surface area contributed by atoms with Gasteiger partial charge in [-0.1, -0.05) is 23.7 Å². The summed E-state index contributed by atoms with van der Waals surface area (Å²) >= 11 is 6.20. The standard InChI is InChI=1S/C25H34ClN3O5S/c1-29(35(33,34)20-6-3-2-5-19(20)26)25(7-4-8-25)23(32)28-21-17-11-16-12-18(21)15-24(13-16,14-17)22(31)27-9-10-30/h2-3,5-6,16-18,21,30H,4,7-15H2,1H3,(H,27,31)(H,28,32). The fourth-order valence-electron chi connectivity index (χ4n) is 7.41. The van der Waals surface area contributed by atoms with E-state index in [0.717, 1.165) is 38.5 Å². The van der Waals surface area contributed by atoms with Gasteiger partial charge in [-0.15, -0.1) is 0 Å². The molecule has 5 saturated carbocycles. The zero-order chi connectivity index (χ0) is 25.0. The first-order valence-electron chi connectivity index (χ1n) is 12.6. The summed E-state index contributed by atoms with van der Waals surface area (Å²) in [7, 11) is -2.48. The molecule has 0 aliphatic heterocycles. The van der Waals surface area contributed by atoms with Crippen molar-refractivity contribution >= 4 is 33.4 Å². The summed E-state index contributed by atoms with van der Waals surface area (Å²) in [5.41, 5.74) is -1.53. The summed E-state index contributed by atoms with van der Waals surface area (Å²) in [5.74, 6) is 0.664. The third kappa shape index (κ3) is 3.99. The molecule has 0 radical (unpaired) electrons. The van der Waals surface area contributed by atoms with E-state index >= 15 is 0 Å². The lowest BCUT2D eigenvalue weighted by molar-refractivity contribution is -0.153. The number of carbonyl (C=O) groups excluding carboxylic acids is 2. The van der Waals surface area contributed by atoms with Crippen LogP contribution in [0.3, 0.4) is 0 Å². The molecule has 5 aliphatic rings. The molecular formula is C25H34ClN3O5S. The van der Waals surface area contributed by atoms with Crippen LogP contribution in [0.1, 0.15) is 51.4 Å². The monoisotopic (exact) mass is 523 g/mol. The largest absolute Gasteiger partial charge is 0.395 e. The van der Waals surface area contributed by atoms with Gasteiger partial charge in [-0.3, -0.25) is 9.59 Å². The van der Waals surface area contributed by atoms with Crippen molar-refractivity contribution in [3.05, 3.63) is 29.3 Å². The van der Waals surface area contributed by atoms with Crippen molar-refractivity contribution in [2.45, 2.75) is 67.8 Å². The van der Waals surface area contributed by atoms with Gasteiger partial charge < -0.3 is 15.7 Å². The molecular weight excluding hydrogens is 490 g/mol. The number of rotatable bonds is 8. The summed E-state index contributed by atoms with van der Waals surface area (Å²) in [6.45, 7) is 0.180. The van der Waals surface area contributed by atoms with Crippen LogP contribution in [0.5, 0.6) is 0 Å². The lowest BCUT2D eigenvalue weighted by atomic mass is 9.47. The minimum atomic E-state index is -3.96. The highest BCUT2D eigenvalue weighted by molar-refractivity contribution is 7.89. The van der Waals surface area contributed by atoms with Gasteiger partial charge in [0, 0.05) is 19.6 Å². The number of likely N-dealkylation sites (N-methyl/N-ethyl adjacent to an activating group) is 1. The summed E-state index contributed by atoms with van der Waals surface area (Å²) in [6, 6.07) is 6.26. The number of nitrogens with one attached hydrogen (secondary N) is 2. The number of halogens is 1. The predicted octanol–water partition coefficient (Wildman–Crippen LogP) is 2.30. The van der Waals surface area contributed by atoms with Crippen molar-refractivity contribution < 1.29 is 23.1 Å². The van der Waals surface area contributed by atoms with E-state index in [1.54, 1.807) is 12.1 Å². The van der Waals surface area contributed by atoms with Crippen LogP contribution in [0.15, 0.2) is 29.2 Å². The highest BCUT2D eigenvalue weighted by atomic mass is 35.5. The Kier molecular flexibility index (Phi) is 6.43. The first kappa shape index (κ1) is 25.0. The number of amides is 2. The van der Waals surface area contributed by atoms with E-state index in [1.807, 2.05) is 0 Å². The Morgan fingerprint density at radius 1 is 1.11 bits per heavy atom. The van der Waals surface area contributed by atoms with Crippen molar-refractivity contribution in [1.29, 1.82) is 0 Å². The van der Waals surface area contributed by atoms with E-state index in [-0.39, 0.29) is 52.8 Å². The Hall–Kier alpha value is -1.68. The van der Waals surface area contributed by atoms with Crippen LogP contribution >= 0.6 is 11.6 Å². The van der Waals surface area contributed by atoms with Gasteiger partial charge in [0.2, 0.25) is 21.8 Å². The lowest BCUT2D eigenvalue weighted by Gasteiger charge is -2.59. The highest BCUT2D eigenvalue weighted by Crippen LogP contribution is 2.60. The summed E-state index contributed by atoms with van der Waals surface area (Å²) in [6.07, 6.45) is 6.01. The smallest absolute Gasteiger partial charge is 0.245 e. The Balaban J connectivity index is 1.34. The van der Waals surface area contributed by atoms with Crippen LogP contribution in [-0.2, 0) is 19.6 Å². The molecule has 3 N–H and O–H groups in total. The Morgan fingerprint density at radius 3 is 2.34 bits per heavy atom. The fraction of sp³-hybridized carbons (Fsp3) is 0.680. The van der Waals surface area contributed by atoms with Gasteiger partial charge >= 0.3 is 0 Å². The van der Waals surface area contributed by atoms with Gasteiger partial charge in [0.1, 0.15) is 10.4 Å². The van der Waals surface area contributed by atoms with Gasteiger partial charge in [0.05, 0.1) is 17.0 Å². The number of aliphatic hydroxyl groups is 1. The maximum absolute atomic E-state index is 13.7. The van der Waals surface area contributed by atoms with Gasteiger partial charge in [0.15, 0.2) is 0 Å². The molecule has 0 heterocycles. The normalized spacial score (nSPS) is 32.8. The molecule has 192 valence electrons. The van der Waals surface area contributed by atoms with Gasteiger partial charge in [-0.2, -0.15) is 4.31 Å². The quantitative estimate of drug-likeness (QED) is 0.483. The number of hydrogen-bond acceptors (Lipinski definition) is 5. The number of hydrogen-bond donors (Lipinski definition) is 3. The van der Waals surface area contributed by atoms with E-state index in [1.165, 1.54) is 23.5 Å². The van der Waals surface area contributed by atoms with Crippen molar-refractivity contribution in [2.75, 3.05) is 20.2 Å². The molecule has 10 heteroatoms. The van der Waals surface area contributed by atoms with Gasteiger partial charge in [0.25, 0.3) is 0 Å². The molecule has 2 amide bonds. The van der Waals surface area contributed by atoms with E-state index in [0.29, 0.717) is 18.8 Å². The lowest BCUT2D eigenvalue weighted by Crippen LogP contribution is -2.68. The molecule has 0 aromatic heterocycles. The van der Waals surface area contributed by atoms with Crippen molar-refractivity contribution in [1.82, 2.24) is 14.9 Å². The van der Waals surface area contributed by atoms with Crippen LogP contribution in [0.25, 0.3) is 0 Å². The van der Waals surface area contributed by atoms with E-state index in [4.69, 9.17) is 16.7 Å². The second-order valence-corrected chi connectivity index (χ2v) is 13.4. The minimum Gasteiger partial charge on any atom is -0.395 e. The molecule has 5 fully saturated rings. The third-order valence-electron chi connectivity index (χ3n) is 9.13. The Morgan fingerprint density at radius 2 is 1.77 bits per heavy atom. The van der Waals surface area contributed by atoms with E-state index < -0.39 is 21.0 Å². The fourth-order valence-corrected chi connectivity index (χ4v) is 9.42. The van der Waals surface area contributed by atoms with Crippen LogP contribution in [0, 0.1) is 23.2 Å². The van der Waals surface area contributed by atoms with Crippen molar-refractivity contribution in [2.24, 2.45) is 23.2 Å². The van der Waals surface area contributed by atoms with Gasteiger partial charge in [-0.25, -0.2) is 8.42 Å². The van der Waals surface area contributed by atoms with E-state index in [2.05, 4.69) is 10.6 Å². The Bertz CT molecular complexity index is 1110. The molecule has 4 bridgehead atoms. The predicted molar refractivity (Wildman–Crippen MR) is 131 cm³/mol. The van der Waals surface area contributed by atoms with E-state index in [9.17, 15) is 18.0 Å². The van der Waals surface area contributed by atoms with Crippen LogP contribution in [-0.4, -0.2) is 61.4 Å². The average molecular weight is 524 g/mol. The van der Waals surface area contributed by atoms with Crippen molar-refractivity contribution in [3.63, 3.8) is 0 Å². The number of carbonyl (C=O) groups is 2. The number of sulfonamides is 1. The van der Waals surface area contributed by atoms with Crippen LogP contribution in [0.4, 0.5) is 0 Å². The molecule has 1 aromatic rings. The molecule has 1 aromatic carbocycles. The number of aliphatic hydroxyl groups excluding tert-OH is 1. The number of nitrogens with zero attached hydrogens (tertiary/aromatic N) is 1. The zero-order valence-corrected chi connectivity index (χ0v) is 21.6. The third-order valence-corrected chi connectivity index (χ3v) is 11.6. The first-order chi connectivity index (χ1) is 16.6. The maximum atomic E-state index is 13.7. The van der Waals surface area contributed by atoms with Crippen molar-refractivity contribution in [3.8, 4) is 0 Å². The Labute approximate surface area is 211 Å². The summed E-state index contributed by atoms with van der Waals surface area (Å²) in [5, 5.41) is 15.4. The molecule has 5 aliphatic carbocycles. The first-order valence-corrected chi connectivity index (χ1v) is 14.4. The SMILES string of the molecule is CN(C1(C(=O)NC2C3CC4CC2CC(C(=O)NCCO)(C4)C3)CCC1)S(=O)(=O)c1ccccc1Cl. The molecule has 6 rings (SSSR count). The van der Waals surface area contributed by atoms with Crippen LogP contribution in [0.2, 0.25) is 5.02 Å². The maximum Gasteiger partial charge on any atom is 0.245 e. The molecule has 2 unspecified atom stereocenters. The average Bonchev–Trinajstić information content (AvgIpc) is 2.78. The second kappa shape index (κ2) is 9.01. The summed E-state index contributed by atoms with van der Waals surface area (Å²) < 4.78 is 28.1. The topological polar surface area (TPSA) is 116 Å².